The van der Waals surface area contributed by atoms with E-state index < -0.39 is 17.6 Å². The van der Waals surface area contributed by atoms with Crippen molar-refractivity contribution in [2.24, 2.45) is 0 Å². The van der Waals surface area contributed by atoms with E-state index in [0.717, 1.165) is 6.07 Å². The van der Waals surface area contributed by atoms with Gasteiger partial charge in [0.25, 0.3) is 5.91 Å². The second-order valence-corrected chi connectivity index (χ2v) is 4.45. The number of carbonyl (C=O) groups is 1. The molecular weight excluding hydrogens is 259 g/mol. The van der Waals surface area contributed by atoms with Crippen molar-refractivity contribution in [3.05, 3.63) is 34.9 Å². The second-order valence-electron chi connectivity index (χ2n) is 4.45. The second kappa shape index (κ2) is 5.21. The van der Waals surface area contributed by atoms with Gasteiger partial charge in [-0.05, 0) is 19.1 Å². The van der Waals surface area contributed by atoms with Crippen molar-refractivity contribution in [3.63, 3.8) is 0 Å². The molecule has 0 radical (unpaired) electrons. The van der Waals surface area contributed by atoms with Crippen LogP contribution in [0.3, 0.4) is 0 Å². The Morgan fingerprint density at radius 2 is 1.89 bits per heavy atom. The number of ether oxygens (including phenoxy) is 1. The quantitative estimate of drug-likeness (QED) is 0.786. The van der Waals surface area contributed by atoms with Crippen molar-refractivity contribution in [2.45, 2.75) is 13.1 Å². The molecule has 0 atom stereocenters. The van der Waals surface area contributed by atoms with Gasteiger partial charge in [-0.25, -0.2) is 0 Å². The lowest BCUT2D eigenvalue weighted by Crippen LogP contribution is -2.41. The molecule has 19 heavy (non-hydrogen) atoms. The highest BCUT2D eigenvalue weighted by Gasteiger charge is 2.36. The Kier molecular flexibility index (Phi) is 3.80. The van der Waals surface area contributed by atoms with Gasteiger partial charge >= 0.3 is 6.18 Å². The van der Waals surface area contributed by atoms with Gasteiger partial charge in [-0.1, -0.05) is 11.6 Å². The molecule has 0 unspecified atom stereocenters. The molecule has 1 fully saturated rings. The number of amides is 1. The van der Waals surface area contributed by atoms with E-state index in [0.29, 0.717) is 31.9 Å². The number of benzene rings is 1. The van der Waals surface area contributed by atoms with Gasteiger partial charge in [-0.2, -0.15) is 13.2 Å². The molecular formula is C13H14F3NO2. The Morgan fingerprint density at radius 1 is 1.26 bits per heavy atom. The predicted octanol–water partition coefficient (Wildman–Crippen LogP) is 2.49. The minimum atomic E-state index is -4.52. The van der Waals surface area contributed by atoms with Gasteiger partial charge < -0.3 is 9.64 Å². The standard InChI is InChI=1S/C13H14F3NO2/c1-9-2-3-10(11(8-9)13(14,15)16)12(18)17-4-6-19-7-5-17/h2-3,8H,4-7H2,1H3. The molecule has 1 heterocycles. The summed E-state index contributed by atoms with van der Waals surface area (Å²) in [7, 11) is 0. The number of carbonyl (C=O) groups excluding carboxylic acids is 1. The van der Waals surface area contributed by atoms with Gasteiger partial charge in [0.15, 0.2) is 0 Å². The average molecular weight is 273 g/mol. The van der Waals surface area contributed by atoms with Crippen LogP contribution in [-0.2, 0) is 10.9 Å². The Labute approximate surface area is 109 Å². The van der Waals surface area contributed by atoms with E-state index in [2.05, 4.69) is 0 Å². The number of alkyl halides is 3. The van der Waals surface area contributed by atoms with E-state index in [-0.39, 0.29) is 5.56 Å². The largest absolute Gasteiger partial charge is 0.417 e. The SMILES string of the molecule is Cc1ccc(C(=O)N2CCOCC2)c(C(F)(F)F)c1. The summed E-state index contributed by atoms with van der Waals surface area (Å²) in [4.78, 5) is 13.5. The molecule has 1 saturated heterocycles. The average Bonchev–Trinajstić information content (AvgIpc) is 2.38. The third-order valence-corrected chi connectivity index (χ3v) is 3.01. The third-order valence-electron chi connectivity index (χ3n) is 3.01. The Morgan fingerprint density at radius 3 is 2.47 bits per heavy atom. The summed E-state index contributed by atoms with van der Waals surface area (Å²) in [6.45, 7) is 2.93. The molecule has 3 nitrogen and oxygen atoms in total. The van der Waals surface area contributed by atoms with Crippen LogP contribution < -0.4 is 0 Å². The van der Waals surface area contributed by atoms with Crippen molar-refractivity contribution in [1.29, 1.82) is 0 Å². The molecule has 1 amide bonds. The van der Waals surface area contributed by atoms with Crippen LogP contribution in [0.1, 0.15) is 21.5 Å². The van der Waals surface area contributed by atoms with Crippen molar-refractivity contribution in [1.82, 2.24) is 4.90 Å². The summed E-state index contributed by atoms with van der Waals surface area (Å²) in [5.74, 6) is -0.587. The fourth-order valence-corrected chi connectivity index (χ4v) is 2.02. The van der Waals surface area contributed by atoms with E-state index in [1.165, 1.54) is 17.0 Å². The number of rotatable bonds is 1. The molecule has 1 aliphatic heterocycles. The highest BCUT2D eigenvalue weighted by atomic mass is 19.4. The van der Waals surface area contributed by atoms with Gasteiger partial charge in [-0.3, -0.25) is 4.79 Å². The number of hydrogen-bond donors (Lipinski definition) is 0. The molecule has 0 N–H and O–H groups in total. The van der Waals surface area contributed by atoms with Crippen LogP contribution in [0.25, 0.3) is 0 Å². The number of morpholine rings is 1. The molecule has 0 aromatic heterocycles. The topological polar surface area (TPSA) is 29.5 Å². The van der Waals surface area contributed by atoms with Gasteiger partial charge in [-0.15, -0.1) is 0 Å². The predicted molar refractivity (Wildman–Crippen MR) is 62.9 cm³/mol. The molecule has 0 bridgehead atoms. The van der Waals surface area contributed by atoms with E-state index in [9.17, 15) is 18.0 Å². The lowest BCUT2D eigenvalue weighted by molar-refractivity contribution is -0.138. The zero-order valence-corrected chi connectivity index (χ0v) is 10.5. The lowest BCUT2D eigenvalue weighted by Gasteiger charge is -2.28. The summed E-state index contributed by atoms with van der Waals surface area (Å²) in [6.07, 6.45) is -4.52. The van der Waals surface area contributed by atoms with Crippen LogP contribution in [0.2, 0.25) is 0 Å². The highest BCUT2D eigenvalue weighted by Crippen LogP contribution is 2.33. The van der Waals surface area contributed by atoms with Crippen LogP contribution in [-0.4, -0.2) is 37.1 Å². The maximum atomic E-state index is 13.0. The Hall–Kier alpha value is -1.56. The van der Waals surface area contributed by atoms with Gasteiger partial charge in [0.1, 0.15) is 0 Å². The maximum absolute atomic E-state index is 13.0. The van der Waals surface area contributed by atoms with Crippen molar-refractivity contribution >= 4 is 5.91 Å². The van der Waals surface area contributed by atoms with Crippen molar-refractivity contribution in [2.75, 3.05) is 26.3 Å². The monoisotopic (exact) mass is 273 g/mol. The molecule has 0 saturated carbocycles. The normalized spacial score (nSPS) is 16.5. The number of nitrogens with zero attached hydrogens (tertiary/aromatic N) is 1. The molecule has 1 aliphatic rings. The molecule has 1 aromatic carbocycles. The first kappa shape index (κ1) is 13.9. The van der Waals surface area contributed by atoms with E-state index in [4.69, 9.17) is 4.74 Å². The Balaban J connectivity index is 2.35. The van der Waals surface area contributed by atoms with Crippen molar-refractivity contribution < 1.29 is 22.7 Å². The lowest BCUT2D eigenvalue weighted by atomic mass is 10.0. The van der Waals surface area contributed by atoms with Crippen LogP contribution in [0.5, 0.6) is 0 Å². The maximum Gasteiger partial charge on any atom is 0.417 e. The summed E-state index contributed by atoms with van der Waals surface area (Å²) in [6, 6.07) is 3.77. The minimum Gasteiger partial charge on any atom is -0.378 e. The van der Waals surface area contributed by atoms with Gasteiger partial charge in [0, 0.05) is 13.1 Å². The van der Waals surface area contributed by atoms with E-state index in [1.54, 1.807) is 6.92 Å². The number of hydrogen-bond acceptors (Lipinski definition) is 2. The van der Waals surface area contributed by atoms with E-state index >= 15 is 0 Å². The van der Waals surface area contributed by atoms with Crippen LogP contribution in [0.4, 0.5) is 13.2 Å². The summed E-state index contributed by atoms with van der Waals surface area (Å²) in [5, 5.41) is 0. The minimum absolute atomic E-state index is 0.292. The first-order chi connectivity index (χ1) is 8.89. The molecule has 0 aliphatic carbocycles. The van der Waals surface area contributed by atoms with Crippen LogP contribution in [0.15, 0.2) is 18.2 Å². The number of halogens is 3. The van der Waals surface area contributed by atoms with Gasteiger partial charge in [0.05, 0.1) is 24.3 Å². The fourth-order valence-electron chi connectivity index (χ4n) is 2.02. The zero-order chi connectivity index (χ0) is 14.0. The van der Waals surface area contributed by atoms with Gasteiger partial charge in [0.2, 0.25) is 0 Å². The Bertz CT molecular complexity index is 479. The summed E-state index contributed by atoms with van der Waals surface area (Å²) >= 11 is 0. The first-order valence-corrected chi connectivity index (χ1v) is 5.94. The third kappa shape index (κ3) is 3.07. The van der Waals surface area contributed by atoms with Crippen LogP contribution >= 0.6 is 0 Å². The number of aryl methyl sites for hydroxylation is 1. The van der Waals surface area contributed by atoms with Crippen LogP contribution in [0, 0.1) is 6.92 Å². The summed E-state index contributed by atoms with van der Waals surface area (Å²) < 4.78 is 44.0. The molecule has 0 spiro atoms. The molecule has 104 valence electrons. The van der Waals surface area contributed by atoms with E-state index in [1.807, 2.05) is 0 Å². The highest BCUT2D eigenvalue weighted by molar-refractivity contribution is 5.96. The van der Waals surface area contributed by atoms with Crippen molar-refractivity contribution in [3.8, 4) is 0 Å². The summed E-state index contributed by atoms with van der Waals surface area (Å²) in [5.41, 5.74) is -0.685. The fraction of sp³-hybridized carbons (Fsp3) is 0.462. The zero-order valence-electron chi connectivity index (χ0n) is 10.5. The smallest absolute Gasteiger partial charge is 0.378 e. The first-order valence-electron chi connectivity index (χ1n) is 5.94. The molecule has 2 rings (SSSR count). The molecule has 6 heteroatoms. The molecule has 1 aromatic rings.